The van der Waals surface area contributed by atoms with Crippen LogP contribution in [0.15, 0.2) is 60.7 Å². The van der Waals surface area contributed by atoms with Crippen LogP contribution < -0.4 is 4.74 Å². The number of hydrogen-bond acceptors (Lipinski definition) is 3. The standard InChI is InChI=1S/C20H19ClO3/c1-14(2)12-13-24-18-11-9-16(20(23)19(18)21)8-10-17(22)15-6-4-3-5-7-15/h3-11,23H,1,12-13H2,2H3. The number of carbonyl (C=O) groups excluding carboxylic acids is 1. The van der Waals surface area contributed by atoms with E-state index in [9.17, 15) is 9.90 Å². The number of allylic oxidation sites excluding steroid dienone is 1. The van der Waals surface area contributed by atoms with Crippen molar-refractivity contribution in [3.8, 4) is 11.5 Å². The van der Waals surface area contributed by atoms with E-state index in [0.29, 0.717) is 29.9 Å². The van der Waals surface area contributed by atoms with Gasteiger partial charge in [0.15, 0.2) is 5.78 Å². The predicted octanol–water partition coefficient (Wildman–Crippen LogP) is 5.29. The van der Waals surface area contributed by atoms with Crippen LogP contribution in [0.2, 0.25) is 5.02 Å². The van der Waals surface area contributed by atoms with E-state index in [-0.39, 0.29) is 16.6 Å². The summed E-state index contributed by atoms with van der Waals surface area (Å²) in [6.07, 6.45) is 3.65. The molecule has 3 nitrogen and oxygen atoms in total. The van der Waals surface area contributed by atoms with E-state index in [4.69, 9.17) is 16.3 Å². The molecule has 4 heteroatoms. The molecule has 0 saturated carbocycles. The number of halogens is 1. The third-order valence-corrected chi connectivity index (χ3v) is 3.74. The number of ketones is 1. The molecule has 0 aliphatic heterocycles. The average Bonchev–Trinajstić information content (AvgIpc) is 2.58. The second-order valence-electron chi connectivity index (χ2n) is 5.43. The van der Waals surface area contributed by atoms with Crippen molar-refractivity contribution < 1.29 is 14.6 Å². The molecule has 0 saturated heterocycles. The Morgan fingerprint density at radius 1 is 1.25 bits per heavy atom. The molecule has 1 N–H and O–H groups in total. The number of hydrogen-bond donors (Lipinski definition) is 1. The van der Waals surface area contributed by atoms with Crippen molar-refractivity contribution in [1.29, 1.82) is 0 Å². The van der Waals surface area contributed by atoms with Gasteiger partial charge in [0.25, 0.3) is 0 Å². The van der Waals surface area contributed by atoms with E-state index in [2.05, 4.69) is 6.58 Å². The smallest absolute Gasteiger partial charge is 0.185 e. The van der Waals surface area contributed by atoms with E-state index < -0.39 is 0 Å². The summed E-state index contributed by atoms with van der Waals surface area (Å²) in [5.41, 5.74) is 2.05. The van der Waals surface area contributed by atoms with E-state index in [1.165, 1.54) is 12.2 Å². The largest absolute Gasteiger partial charge is 0.506 e. The molecule has 2 rings (SSSR count). The predicted molar refractivity (Wildman–Crippen MR) is 97.8 cm³/mol. The zero-order valence-electron chi connectivity index (χ0n) is 13.5. The summed E-state index contributed by atoms with van der Waals surface area (Å²) in [4.78, 5) is 12.1. The molecular formula is C20H19ClO3. The summed E-state index contributed by atoms with van der Waals surface area (Å²) >= 11 is 6.13. The molecule has 0 unspecified atom stereocenters. The lowest BCUT2D eigenvalue weighted by Crippen LogP contribution is -1.98. The SMILES string of the molecule is C=C(C)CCOc1ccc(C=CC(=O)c2ccccc2)c(O)c1Cl. The van der Waals surface area contributed by atoms with Crippen molar-refractivity contribution in [2.24, 2.45) is 0 Å². The highest BCUT2D eigenvalue weighted by atomic mass is 35.5. The van der Waals surface area contributed by atoms with Crippen LogP contribution in [0.3, 0.4) is 0 Å². The summed E-state index contributed by atoms with van der Waals surface area (Å²) in [5, 5.41) is 10.3. The molecule has 0 radical (unpaired) electrons. The second-order valence-corrected chi connectivity index (χ2v) is 5.81. The zero-order valence-corrected chi connectivity index (χ0v) is 14.2. The van der Waals surface area contributed by atoms with Crippen LogP contribution in [-0.4, -0.2) is 17.5 Å². The Balaban J connectivity index is 2.11. The first-order valence-electron chi connectivity index (χ1n) is 7.55. The molecule has 0 amide bonds. The lowest BCUT2D eigenvalue weighted by atomic mass is 10.1. The van der Waals surface area contributed by atoms with E-state index >= 15 is 0 Å². The van der Waals surface area contributed by atoms with Crippen molar-refractivity contribution in [2.45, 2.75) is 13.3 Å². The van der Waals surface area contributed by atoms with Gasteiger partial charge in [-0.25, -0.2) is 0 Å². The minimum Gasteiger partial charge on any atom is -0.506 e. The van der Waals surface area contributed by atoms with Gasteiger partial charge in [0.1, 0.15) is 16.5 Å². The van der Waals surface area contributed by atoms with Gasteiger partial charge in [-0.15, -0.1) is 6.58 Å². The van der Waals surface area contributed by atoms with Crippen LogP contribution in [0.4, 0.5) is 0 Å². The van der Waals surface area contributed by atoms with Crippen molar-refractivity contribution in [3.05, 3.63) is 76.8 Å². The number of phenolic OH excluding ortho intramolecular Hbond substituents is 1. The minimum absolute atomic E-state index is 0.110. The number of aromatic hydroxyl groups is 1. The van der Waals surface area contributed by atoms with Gasteiger partial charge in [0, 0.05) is 17.5 Å². The highest BCUT2D eigenvalue weighted by molar-refractivity contribution is 6.33. The third-order valence-electron chi connectivity index (χ3n) is 3.37. The third kappa shape index (κ3) is 4.74. The first kappa shape index (κ1) is 17.8. The van der Waals surface area contributed by atoms with Crippen LogP contribution >= 0.6 is 11.6 Å². The van der Waals surface area contributed by atoms with Gasteiger partial charge in [-0.3, -0.25) is 4.79 Å². The fraction of sp³-hybridized carbons (Fsp3) is 0.150. The van der Waals surface area contributed by atoms with Crippen molar-refractivity contribution in [2.75, 3.05) is 6.61 Å². The monoisotopic (exact) mass is 342 g/mol. The number of carbonyl (C=O) groups is 1. The maximum absolute atomic E-state index is 12.1. The Labute approximate surface area is 146 Å². The van der Waals surface area contributed by atoms with Crippen LogP contribution in [0, 0.1) is 0 Å². The van der Waals surface area contributed by atoms with Gasteiger partial charge in [-0.2, -0.15) is 0 Å². The fourth-order valence-electron chi connectivity index (χ4n) is 2.01. The Morgan fingerprint density at radius 2 is 1.96 bits per heavy atom. The highest BCUT2D eigenvalue weighted by Crippen LogP contribution is 2.36. The van der Waals surface area contributed by atoms with Gasteiger partial charge in [0.2, 0.25) is 0 Å². The molecule has 0 aliphatic carbocycles. The molecule has 0 heterocycles. The van der Waals surface area contributed by atoms with Gasteiger partial charge >= 0.3 is 0 Å². The summed E-state index contributed by atoms with van der Waals surface area (Å²) in [6, 6.07) is 12.2. The van der Waals surface area contributed by atoms with Crippen molar-refractivity contribution in [1.82, 2.24) is 0 Å². The molecule has 0 fully saturated rings. The number of benzene rings is 2. The normalized spacial score (nSPS) is 10.8. The second kappa shape index (κ2) is 8.37. The Hall–Kier alpha value is -2.52. The molecule has 0 bridgehead atoms. The quantitative estimate of drug-likeness (QED) is 0.422. The van der Waals surface area contributed by atoms with Gasteiger partial charge in [0.05, 0.1) is 6.61 Å². The van der Waals surface area contributed by atoms with Crippen LogP contribution in [0.5, 0.6) is 11.5 Å². The van der Waals surface area contributed by atoms with E-state index in [1.54, 1.807) is 36.4 Å². The van der Waals surface area contributed by atoms with Crippen molar-refractivity contribution >= 4 is 23.5 Å². The van der Waals surface area contributed by atoms with E-state index in [0.717, 1.165) is 5.57 Å². The number of phenols is 1. The average molecular weight is 343 g/mol. The first-order chi connectivity index (χ1) is 11.5. The molecule has 2 aromatic carbocycles. The highest BCUT2D eigenvalue weighted by Gasteiger charge is 2.11. The fourth-order valence-corrected chi connectivity index (χ4v) is 2.23. The molecule has 0 aromatic heterocycles. The minimum atomic E-state index is -0.145. The molecule has 24 heavy (non-hydrogen) atoms. The summed E-state index contributed by atoms with van der Waals surface area (Å²) in [7, 11) is 0. The van der Waals surface area contributed by atoms with Crippen LogP contribution in [0.25, 0.3) is 6.08 Å². The van der Waals surface area contributed by atoms with Gasteiger partial charge in [-0.05, 0) is 31.2 Å². The molecule has 2 aromatic rings. The molecule has 0 spiro atoms. The number of ether oxygens (including phenoxy) is 1. The molecule has 0 atom stereocenters. The van der Waals surface area contributed by atoms with E-state index in [1.807, 2.05) is 13.0 Å². The Bertz CT molecular complexity index is 764. The Kier molecular flexibility index (Phi) is 6.21. The van der Waals surface area contributed by atoms with Crippen molar-refractivity contribution in [3.63, 3.8) is 0 Å². The lowest BCUT2D eigenvalue weighted by Gasteiger charge is -2.10. The van der Waals surface area contributed by atoms with Gasteiger partial charge < -0.3 is 9.84 Å². The summed E-state index contributed by atoms with van der Waals surface area (Å²) in [6.45, 7) is 6.16. The maximum Gasteiger partial charge on any atom is 0.185 e. The lowest BCUT2D eigenvalue weighted by molar-refractivity contribution is 0.104. The molecule has 0 aliphatic rings. The number of rotatable bonds is 7. The van der Waals surface area contributed by atoms with Crippen LogP contribution in [-0.2, 0) is 0 Å². The topological polar surface area (TPSA) is 46.5 Å². The Morgan fingerprint density at radius 3 is 2.62 bits per heavy atom. The van der Waals surface area contributed by atoms with Gasteiger partial charge in [-0.1, -0.05) is 47.5 Å². The summed E-state index contributed by atoms with van der Waals surface area (Å²) in [5.74, 6) is 0.150. The maximum atomic E-state index is 12.1. The van der Waals surface area contributed by atoms with Crippen LogP contribution in [0.1, 0.15) is 29.3 Å². The first-order valence-corrected chi connectivity index (χ1v) is 7.93. The molecular weight excluding hydrogens is 324 g/mol. The zero-order chi connectivity index (χ0) is 17.5. The summed E-state index contributed by atoms with van der Waals surface area (Å²) < 4.78 is 5.53. The molecule has 124 valence electrons.